The second-order valence-electron chi connectivity index (χ2n) is 9.52. The van der Waals surface area contributed by atoms with Crippen molar-refractivity contribution < 1.29 is 9.90 Å². The van der Waals surface area contributed by atoms with Gasteiger partial charge in [0.25, 0.3) is 5.91 Å². The molecule has 2 aromatic carbocycles. The topological polar surface area (TPSA) is 91.5 Å². The molecule has 2 atom stereocenters. The molecule has 0 bridgehead atoms. The van der Waals surface area contributed by atoms with Crippen LogP contribution in [0.25, 0.3) is 10.4 Å². The Bertz CT molecular complexity index is 1330. The second-order valence-corrected chi connectivity index (χ2v) is 10.6. The highest BCUT2D eigenvalue weighted by molar-refractivity contribution is 7.17. The van der Waals surface area contributed by atoms with Crippen molar-refractivity contribution >= 4 is 17.2 Å². The van der Waals surface area contributed by atoms with Crippen LogP contribution in [0, 0.1) is 0 Å². The molecule has 1 aliphatic rings. The lowest BCUT2D eigenvalue weighted by Gasteiger charge is -2.23. The van der Waals surface area contributed by atoms with Gasteiger partial charge in [-0.2, -0.15) is 0 Å². The number of pyridine rings is 1. The van der Waals surface area contributed by atoms with E-state index in [9.17, 15) is 9.90 Å². The molecular formula is C30H32N4O2S. The molecule has 1 amide bonds. The quantitative estimate of drug-likeness (QED) is 0.269. The van der Waals surface area contributed by atoms with Crippen molar-refractivity contribution in [1.29, 1.82) is 0 Å². The molecule has 5 rings (SSSR count). The molecule has 37 heavy (non-hydrogen) atoms. The third kappa shape index (κ3) is 6.07. The monoisotopic (exact) mass is 512 g/mol. The molecule has 0 aliphatic carbocycles. The van der Waals surface area contributed by atoms with E-state index in [-0.39, 0.29) is 17.7 Å². The molecule has 6 nitrogen and oxygen atoms in total. The summed E-state index contributed by atoms with van der Waals surface area (Å²) in [5, 5.41) is 13.7. The molecule has 3 heterocycles. The number of carbonyl (C=O) groups is 1. The van der Waals surface area contributed by atoms with E-state index in [1.54, 1.807) is 24.5 Å². The molecule has 0 spiro atoms. The van der Waals surface area contributed by atoms with Crippen LogP contribution in [0.4, 0.5) is 0 Å². The number of thiophene rings is 1. The number of aromatic nitrogens is 1. The fourth-order valence-electron chi connectivity index (χ4n) is 4.95. The predicted molar refractivity (Wildman–Crippen MR) is 148 cm³/mol. The lowest BCUT2D eigenvalue weighted by Crippen LogP contribution is -2.30. The third-order valence-electron chi connectivity index (χ3n) is 6.92. The Labute approximate surface area is 221 Å². The van der Waals surface area contributed by atoms with Gasteiger partial charge in [-0.05, 0) is 73.3 Å². The number of hydrogen-bond donors (Lipinski definition) is 3. The van der Waals surface area contributed by atoms with E-state index < -0.39 is 6.04 Å². The van der Waals surface area contributed by atoms with Crippen LogP contribution >= 0.6 is 11.3 Å². The van der Waals surface area contributed by atoms with Gasteiger partial charge in [-0.25, -0.2) is 0 Å². The maximum atomic E-state index is 13.4. The Morgan fingerprint density at radius 1 is 1.03 bits per heavy atom. The minimum Gasteiger partial charge on any atom is -0.508 e. The fraction of sp³-hybridized carbons (Fsp3) is 0.267. The van der Waals surface area contributed by atoms with Crippen LogP contribution < -0.4 is 11.1 Å². The van der Waals surface area contributed by atoms with E-state index in [1.165, 1.54) is 35.3 Å². The third-order valence-corrected chi connectivity index (χ3v) is 8.04. The number of carbonyl (C=O) groups excluding carboxylic acids is 1. The average molecular weight is 513 g/mol. The molecule has 2 aromatic heterocycles. The van der Waals surface area contributed by atoms with Crippen LogP contribution in [0.1, 0.15) is 57.7 Å². The Morgan fingerprint density at radius 3 is 2.59 bits per heavy atom. The Hall–Kier alpha value is -3.52. The van der Waals surface area contributed by atoms with E-state index in [1.807, 2.05) is 36.4 Å². The highest BCUT2D eigenvalue weighted by Gasteiger charge is 2.23. The minimum absolute atomic E-state index is 0.133. The van der Waals surface area contributed by atoms with Crippen molar-refractivity contribution in [3.8, 4) is 16.2 Å². The van der Waals surface area contributed by atoms with Crippen LogP contribution in [-0.2, 0) is 6.54 Å². The fourth-order valence-corrected chi connectivity index (χ4v) is 5.92. The number of phenols is 1. The van der Waals surface area contributed by atoms with Crippen LogP contribution in [0.3, 0.4) is 0 Å². The van der Waals surface area contributed by atoms with Gasteiger partial charge in [0.1, 0.15) is 5.75 Å². The molecule has 0 saturated carbocycles. The first-order chi connectivity index (χ1) is 18.1. The van der Waals surface area contributed by atoms with E-state index in [0.717, 1.165) is 30.1 Å². The summed E-state index contributed by atoms with van der Waals surface area (Å²) in [4.78, 5) is 21.8. The molecule has 7 heteroatoms. The average Bonchev–Trinajstić information content (AvgIpc) is 3.62. The zero-order valence-electron chi connectivity index (χ0n) is 20.7. The summed E-state index contributed by atoms with van der Waals surface area (Å²) in [5.41, 5.74) is 10.5. The second kappa shape index (κ2) is 11.7. The molecule has 1 aliphatic heterocycles. The standard InChI is InChI=1S/C30H32N4O2S/c31-25(21-9-7-15-32-19-21)18-26(24-11-3-4-12-27(24)35)33-30(36)29-14-13-28(37-29)23-10-2-1-8-22(23)20-34-16-5-6-17-34/h1-4,7-15,19,25-26,35H,5-6,16-18,20,31H2,(H,33,36). The smallest absolute Gasteiger partial charge is 0.261 e. The van der Waals surface area contributed by atoms with Crippen LogP contribution in [0.15, 0.2) is 85.2 Å². The summed E-state index contributed by atoms with van der Waals surface area (Å²) in [6, 6.07) is 22.4. The van der Waals surface area contributed by atoms with Crippen molar-refractivity contribution in [3.05, 3.63) is 107 Å². The number of amides is 1. The minimum atomic E-state index is -0.461. The number of hydrogen-bond acceptors (Lipinski definition) is 6. The van der Waals surface area contributed by atoms with Gasteiger partial charge in [0, 0.05) is 35.4 Å². The first kappa shape index (κ1) is 25.1. The summed E-state index contributed by atoms with van der Waals surface area (Å²) in [7, 11) is 0. The van der Waals surface area contributed by atoms with Gasteiger partial charge < -0.3 is 16.2 Å². The molecule has 0 radical (unpaired) electrons. The van der Waals surface area contributed by atoms with E-state index in [0.29, 0.717) is 16.9 Å². The number of rotatable bonds is 9. The number of aromatic hydroxyl groups is 1. The number of nitrogens with one attached hydrogen (secondary N) is 1. The summed E-state index contributed by atoms with van der Waals surface area (Å²) in [6.45, 7) is 3.21. The molecule has 4 aromatic rings. The zero-order valence-corrected chi connectivity index (χ0v) is 21.5. The maximum absolute atomic E-state index is 13.4. The summed E-state index contributed by atoms with van der Waals surface area (Å²) >= 11 is 1.49. The maximum Gasteiger partial charge on any atom is 0.261 e. The number of likely N-dealkylation sites (tertiary alicyclic amines) is 1. The summed E-state index contributed by atoms with van der Waals surface area (Å²) in [6.07, 6.45) is 6.38. The highest BCUT2D eigenvalue weighted by atomic mass is 32.1. The first-order valence-electron chi connectivity index (χ1n) is 12.7. The van der Waals surface area contributed by atoms with Gasteiger partial charge in [0.2, 0.25) is 0 Å². The van der Waals surface area contributed by atoms with Gasteiger partial charge >= 0.3 is 0 Å². The molecular weight excluding hydrogens is 480 g/mol. The number of nitrogens with two attached hydrogens (primary N) is 1. The van der Waals surface area contributed by atoms with Gasteiger partial charge in [0.05, 0.1) is 10.9 Å². The predicted octanol–water partition coefficient (Wildman–Crippen LogP) is 5.67. The highest BCUT2D eigenvalue weighted by Crippen LogP contribution is 2.34. The Kier molecular flexibility index (Phi) is 7.94. The van der Waals surface area contributed by atoms with Gasteiger partial charge in [-0.3, -0.25) is 14.7 Å². The van der Waals surface area contributed by atoms with E-state index >= 15 is 0 Å². The SMILES string of the molecule is NC(CC(NC(=O)c1ccc(-c2ccccc2CN2CCCC2)s1)c1ccccc1O)c1cccnc1. The van der Waals surface area contributed by atoms with Crippen molar-refractivity contribution in [1.82, 2.24) is 15.2 Å². The van der Waals surface area contributed by atoms with Gasteiger partial charge in [-0.15, -0.1) is 11.3 Å². The largest absolute Gasteiger partial charge is 0.508 e. The lowest BCUT2D eigenvalue weighted by molar-refractivity contribution is 0.0937. The van der Waals surface area contributed by atoms with Crippen molar-refractivity contribution in [2.75, 3.05) is 13.1 Å². The van der Waals surface area contributed by atoms with Gasteiger partial charge in [0.15, 0.2) is 0 Å². The lowest BCUT2D eigenvalue weighted by atomic mass is 9.95. The molecule has 2 unspecified atom stereocenters. The first-order valence-corrected chi connectivity index (χ1v) is 13.5. The Balaban J connectivity index is 1.36. The normalized spacial score (nSPS) is 15.4. The number of para-hydroxylation sites is 1. The molecule has 190 valence electrons. The van der Waals surface area contributed by atoms with E-state index in [2.05, 4.69) is 39.5 Å². The molecule has 4 N–H and O–H groups in total. The molecule has 1 saturated heterocycles. The van der Waals surface area contributed by atoms with Crippen molar-refractivity contribution in [2.24, 2.45) is 5.73 Å². The zero-order chi connectivity index (χ0) is 25.6. The van der Waals surface area contributed by atoms with Crippen LogP contribution in [0.5, 0.6) is 5.75 Å². The summed E-state index contributed by atoms with van der Waals surface area (Å²) in [5.74, 6) is -0.0474. The van der Waals surface area contributed by atoms with Gasteiger partial charge in [-0.1, -0.05) is 48.5 Å². The van der Waals surface area contributed by atoms with Crippen molar-refractivity contribution in [2.45, 2.75) is 37.9 Å². The van der Waals surface area contributed by atoms with Crippen molar-refractivity contribution in [3.63, 3.8) is 0 Å². The number of nitrogens with zero attached hydrogens (tertiary/aromatic N) is 2. The van der Waals surface area contributed by atoms with Crippen LogP contribution in [-0.4, -0.2) is 34.0 Å². The molecule has 1 fully saturated rings. The van der Waals surface area contributed by atoms with E-state index in [4.69, 9.17) is 5.73 Å². The van der Waals surface area contributed by atoms with Crippen LogP contribution in [0.2, 0.25) is 0 Å². The number of benzene rings is 2. The summed E-state index contributed by atoms with van der Waals surface area (Å²) < 4.78 is 0. The number of phenolic OH excluding ortho intramolecular Hbond substituents is 1. The Morgan fingerprint density at radius 2 is 1.81 bits per heavy atom.